The van der Waals surface area contributed by atoms with Gasteiger partial charge in [0.2, 0.25) is 11.8 Å². The molecule has 0 bridgehead atoms. The maximum atomic E-state index is 13.3. The number of imide groups is 1. The van der Waals surface area contributed by atoms with E-state index in [4.69, 9.17) is 14.7 Å². The van der Waals surface area contributed by atoms with E-state index >= 15 is 0 Å². The van der Waals surface area contributed by atoms with Crippen molar-refractivity contribution in [2.45, 2.75) is 67.3 Å². The number of fused-ring (bicyclic) bond motifs is 3. The fraction of sp³-hybridized carbons (Fsp3) is 0.351. The van der Waals surface area contributed by atoms with Gasteiger partial charge in [0.1, 0.15) is 9.77 Å². The number of nitrogens with zero attached hydrogens (tertiary/aromatic N) is 6. The second-order valence-electron chi connectivity index (χ2n) is 14.3. The molecule has 262 valence electrons. The van der Waals surface area contributed by atoms with E-state index in [0.717, 1.165) is 38.3 Å². The molecule has 8 rings (SSSR count). The Bertz CT molecular complexity index is 2130. The molecule has 0 unspecified atom stereocenters. The number of hydrogen-bond donors (Lipinski definition) is 2. The predicted molar refractivity (Wildman–Crippen MR) is 195 cm³/mol. The van der Waals surface area contributed by atoms with Crippen LogP contribution in [0.25, 0.3) is 11.3 Å². The fourth-order valence-electron chi connectivity index (χ4n) is 7.32. The van der Waals surface area contributed by atoms with Gasteiger partial charge in [-0.1, -0.05) is 48.2 Å². The van der Waals surface area contributed by atoms with Crippen LogP contribution in [0.1, 0.15) is 77.1 Å². The minimum absolute atomic E-state index is 0.0205. The van der Waals surface area contributed by atoms with E-state index in [0.29, 0.717) is 43.8 Å². The van der Waals surface area contributed by atoms with Crippen LogP contribution in [-0.2, 0) is 24.3 Å². The van der Waals surface area contributed by atoms with Gasteiger partial charge in [-0.2, -0.15) is 4.98 Å². The van der Waals surface area contributed by atoms with Crippen LogP contribution in [0.5, 0.6) is 5.88 Å². The minimum atomic E-state index is -1.19. The third kappa shape index (κ3) is 6.13. The molecule has 0 saturated carbocycles. The number of methoxy groups -OCH3 is 1. The van der Waals surface area contributed by atoms with Gasteiger partial charge in [0.05, 0.1) is 41.9 Å². The van der Waals surface area contributed by atoms with Crippen molar-refractivity contribution in [3.8, 4) is 5.88 Å². The van der Waals surface area contributed by atoms with Crippen LogP contribution in [-0.4, -0.2) is 71.1 Å². The van der Waals surface area contributed by atoms with Crippen LogP contribution in [0.3, 0.4) is 0 Å². The number of carbonyl (C=O) groups excluding carboxylic acids is 2. The topological polar surface area (TPSA) is 152 Å². The Kier molecular flexibility index (Phi) is 8.52. The van der Waals surface area contributed by atoms with Crippen LogP contribution in [0.15, 0.2) is 76.9 Å². The second kappa shape index (κ2) is 12.9. The van der Waals surface area contributed by atoms with Gasteiger partial charge in [-0.25, -0.2) is 15.0 Å². The molecule has 1 fully saturated rings. The van der Waals surface area contributed by atoms with E-state index in [9.17, 15) is 14.1 Å². The smallest absolute Gasteiger partial charge is 0.261 e. The van der Waals surface area contributed by atoms with Gasteiger partial charge in [-0.05, 0) is 74.9 Å². The molecular weight excluding hydrogens is 685 g/mol. The van der Waals surface area contributed by atoms with Crippen LogP contribution in [0, 0.1) is 5.41 Å². The number of nitrogens with one attached hydrogen (secondary N) is 2. The van der Waals surface area contributed by atoms with Crippen LogP contribution < -0.4 is 14.4 Å². The number of aromatic nitrogens is 5. The summed E-state index contributed by atoms with van der Waals surface area (Å²) in [7, 11) is 1.54. The first-order valence-corrected chi connectivity index (χ1v) is 18.9. The largest absolute Gasteiger partial charge is 0.598 e. The quantitative estimate of drug-likeness (QED) is 0.151. The van der Waals surface area contributed by atoms with E-state index in [2.05, 4.69) is 48.8 Å². The average molecular weight is 723 g/mol. The highest BCUT2D eigenvalue weighted by atomic mass is 32.2. The molecule has 3 aliphatic rings. The number of pyridine rings is 1. The Labute approximate surface area is 303 Å². The Morgan fingerprint density at radius 2 is 1.73 bits per heavy atom. The van der Waals surface area contributed by atoms with Crippen molar-refractivity contribution in [3.63, 3.8) is 0 Å². The molecule has 2 atom stereocenters. The van der Waals surface area contributed by atoms with E-state index < -0.39 is 11.4 Å². The molecule has 0 radical (unpaired) electrons. The SMILES string of the molecule is COc1ncc(CN2C(=O)c3ccccc3C2=O)cc1Sc1cnc2[nH]c(N3CCC4(CC3)Cc3ccccc3[C@H]4N[S@@+]([O-])C(C)(C)C)nc2n1. The van der Waals surface area contributed by atoms with Gasteiger partial charge < -0.3 is 19.2 Å². The summed E-state index contributed by atoms with van der Waals surface area (Å²) in [6.07, 6.45) is 6.08. The van der Waals surface area contributed by atoms with Crippen molar-refractivity contribution in [1.29, 1.82) is 0 Å². The zero-order chi connectivity index (χ0) is 35.5. The van der Waals surface area contributed by atoms with Gasteiger partial charge in [-0.15, -0.1) is 4.72 Å². The number of benzene rings is 2. The second-order valence-corrected chi connectivity index (χ2v) is 17.4. The van der Waals surface area contributed by atoms with Crippen LogP contribution >= 0.6 is 11.8 Å². The molecule has 2 amide bonds. The number of piperidine rings is 1. The molecule has 2 aliphatic heterocycles. The maximum absolute atomic E-state index is 13.3. The number of imidazole rings is 1. The predicted octanol–water partition coefficient (Wildman–Crippen LogP) is 5.64. The van der Waals surface area contributed by atoms with Crippen molar-refractivity contribution in [2.75, 3.05) is 25.1 Å². The molecule has 3 aromatic heterocycles. The van der Waals surface area contributed by atoms with Crippen molar-refractivity contribution in [1.82, 2.24) is 34.5 Å². The fourth-order valence-corrected chi connectivity index (χ4v) is 9.16. The first-order valence-electron chi connectivity index (χ1n) is 16.9. The van der Waals surface area contributed by atoms with Crippen LogP contribution in [0.2, 0.25) is 0 Å². The normalized spacial score (nSPS) is 18.8. The molecule has 5 heterocycles. The first kappa shape index (κ1) is 33.6. The van der Waals surface area contributed by atoms with E-state index in [1.807, 2.05) is 26.8 Å². The maximum Gasteiger partial charge on any atom is 0.261 e. The van der Waals surface area contributed by atoms with E-state index in [1.165, 1.54) is 27.8 Å². The lowest BCUT2D eigenvalue weighted by molar-refractivity contribution is 0.0642. The number of ether oxygens (including phenoxy) is 1. The standard InChI is InChI=1S/C37H38N8O4S2/c1-36(2,3)51(48)43-29-24-10-6-5-9-23(24)18-37(29)13-15-44(16-14-37)35-41-30-31(42-35)40-28(20-38-30)50-27-17-22(19-39-32(27)49-4)21-45-33(46)25-11-7-8-12-26(25)34(45)47/h5-12,17,19-20,29,43H,13-16,18,21H2,1-4H3,(H,38,40,41,42)/t29-,51+/m1/s1. The number of H-pyrrole nitrogens is 1. The van der Waals surface area contributed by atoms with Crippen molar-refractivity contribution in [3.05, 3.63) is 94.8 Å². The minimum Gasteiger partial charge on any atom is -0.598 e. The highest BCUT2D eigenvalue weighted by Crippen LogP contribution is 2.53. The molecular formula is C37H38N8O4S2. The summed E-state index contributed by atoms with van der Waals surface area (Å²) < 4.78 is 22.0. The van der Waals surface area contributed by atoms with E-state index in [-0.39, 0.29) is 34.6 Å². The zero-order valence-corrected chi connectivity index (χ0v) is 30.4. The molecule has 14 heteroatoms. The lowest BCUT2D eigenvalue weighted by atomic mass is 9.73. The third-order valence-electron chi connectivity index (χ3n) is 10.0. The van der Waals surface area contributed by atoms with Crippen LogP contribution in [0.4, 0.5) is 5.95 Å². The number of anilines is 1. The lowest BCUT2D eigenvalue weighted by Crippen LogP contribution is -2.49. The summed E-state index contributed by atoms with van der Waals surface area (Å²) in [5.74, 6) is 0.475. The summed E-state index contributed by atoms with van der Waals surface area (Å²) in [5, 5.41) is 0.598. The molecule has 1 saturated heterocycles. The molecule has 12 nitrogen and oxygen atoms in total. The average Bonchev–Trinajstić information content (AvgIpc) is 3.75. The summed E-state index contributed by atoms with van der Waals surface area (Å²) in [4.78, 5) is 52.2. The Balaban J connectivity index is 0.977. The Morgan fingerprint density at radius 1 is 1.02 bits per heavy atom. The summed E-state index contributed by atoms with van der Waals surface area (Å²) >= 11 is 0.132. The molecule has 51 heavy (non-hydrogen) atoms. The summed E-state index contributed by atoms with van der Waals surface area (Å²) in [6, 6.07) is 17.3. The Morgan fingerprint density at radius 3 is 2.43 bits per heavy atom. The molecule has 2 N–H and O–H groups in total. The molecule has 2 aromatic carbocycles. The lowest BCUT2D eigenvalue weighted by Gasteiger charge is -2.43. The molecule has 5 aromatic rings. The third-order valence-corrected chi connectivity index (χ3v) is 12.5. The summed E-state index contributed by atoms with van der Waals surface area (Å²) in [6.45, 7) is 7.68. The van der Waals surface area contributed by atoms with Gasteiger partial charge in [0.15, 0.2) is 11.3 Å². The van der Waals surface area contributed by atoms with Gasteiger partial charge in [-0.3, -0.25) is 14.5 Å². The number of hydrogen-bond acceptors (Lipinski definition) is 11. The number of amides is 2. The monoisotopic (exact) mass is 722 g/mol. The highest BCUT2D eigenvalue weighted by Gasteiger charge is 2.50. The first-order chi connectivity index (χ1) is 24.5. The van der Waals surface area contributed by atoms with Crippen molar-refractivity contribution < 1.29 is 18.9 Å². The van der Waals surface area contributed by atoms with E-state index in [1.54, 1.807) is 43.8 Å². The number of rotatable bonds is 8. The Hall–Kier alpha value is -4.50. The van der Waals surface area contributed by atoms with Gasteiger partial charge in [0.25, 0.3) is 11.8 Å². The van der Waals surface area contributed by atoms with Crippen molar-refractivity contribution >= 4 is 52.2 Å². The zero-order valence-electron chi connectivity index (χ0n) is 28.8. The molecule has 1 spiro atoms. The van der Waals surface area contributed by atoms with Crippen molar-refractivity contribution in [2.24, 2.45) is 5.41 Å². The van der Waals surface area contributed by atoms with Gasteiger partial charge >= 0.3 is 0 Å². The highest BCUT2D eigenvalue weighted by molar-refractivity contribution is 7.99. The number of aromatic amines is 1. The summed E-state index contributed by atoms with van der Waals surface area (Å²) in [5.41, 5.74) is 5.13. The van der Waals surface area contributed by atoms with Gasteiger partial charge in [0, 0.05) is 36.1 Å². The molecule has 1 aliphatic carbocycles. The number of carbonyl (C=O) groups is 2.